The first kappa shape index (κ1) is 17.5. The average Bonchev–Trinajstić information content (AvgIpc) is 2.64. The van der Waals surface area contributed by atoms with E-state index in [2.05, 4.69) is 9.97 Å². The van der Waals surface area contributed by atoms with Gasteiger partial charge in [0.05, 0.1) is 6.61 Å². The lowest BCUT2D eigenvalue weighted by molar-refractivity contribution is 0.0521. The summed E-state index contributed by atoms with van der Waals surface area (Å²) < 4.78 is 5.12. The number of benzene rings is 2. The molecule has 0 aliphatic carbocycles. The number of ether oxygens (including phenoxy) is 1. The van der Waals surface area contributed by atoms with Crippen molar-refractivity contribution in [2.24, 2.45) is 0 Å². The molecule has 0 aliphatic heterocycles. The molecular weight excluding hydrogens is 356 g/mol. The third-order valence-electron chi connectivity index (χ3n) is 3.31. The maximum absolute atomic E-state index is 12.2. The van der Waals surface area contributed by atoms with Crippen LogP contribution in [-0.2, 0) is 4.74 Å². The standard InChI is InChI=1S/C19H15ClN2O2S/c1-2-24-19(23)16-12-21-17(13-6-4-3-5-7-13)22-18(16)25-15-10-8-14(20)9-11-15/h3-12H,2H2,1H3. The van der Waals surface area contributed by atoms with Crippen molar-refractivity contribution in [1.29, 1.82) is 0 Å². The monoisotopic (exact) mass is 370 g/mol. The molecule has 0 amide bonds. The highest BCUT2D eigenvalue weighted by Crippen LogP contribution is 2.31. The first-order valence-corrected chi connectivity index (χ1v) is 8.90. The number of carbonyl (C=O) groups excluding carboxylic acids is 1. The maximum Gasteiger partial charge on any atom is 0.342 e. The van der Waals surface area contributed by atoms with E-state index in [9.17, 15) is 4.79 Å². The minimum absolute atomic E-state index is 0.296. The summed E-state index contributed by atoms with van der Waals surface area (Å²) in [5.41, 5.74) is 1.23. The second-order valence-corrected chi connectivity index (χ2v) is 6.55. The number of carbonyl (C=O) groups is 1. The van der Waals surface area contributed by atoms with Crippen LogP contribution in [0.4, 0.5) is 0 Å². The molecule has 0 bridgehead atoms. The van der Waals surface area contributed by atoms with Crippen LogP contribution in [0.3, 0.4) is 0 Å². The van der Waals surface area contributed by atoms with Gasteiger partial charge in [-0.15, -0.1) is 0 Å². The molecule has 4 nitrogen and oxygen atoms in total. The number of aromatic nitrogens is 2. The van der Waals surface area contributed by atoms with E-state index in [0.29, 0.717) is 28.0 Å². The van der Waals surface area contributed by atoms with Gasteiger partial charge in [-0.2, -0.15) is 0 Å². The first-order chi connectivity index (χ1) is 12.2. The second kappa shape index (κ2) is 8.14. The summed E-state index contributed by atoms with van der Waals surface area (Å²) in [5.74, 6) is 0.128. The SMILES string of the molecule is CCOC(=O)c1cnc(-c2ccccc2)nc1Sc1ccc(Cl)cc1. The minimum Gasteiger partial charge on any atom is -0.462 e. The van der Waals surface area contributed by atoms with Crippen LogP contribution >= 0.6 is 23.4 Å². The molecule has 2 aromatic carbocycles. The van der Waals surface area contributed by atoms with Gasteiger partial charge in [-0.1, -0.05) is 53.7 Å². The van der Waals surface area contributed by atoms with Crippen LogP contribution in [-0.4, -0.2) is 22.5 Å². The molecule has 0 aliphatic rings. The number of halogens is 1. The van der Waals surface area contributed by atoms with Gasteiger partial charge in [-0.3, -0.25) is 0 Å². The highest BCUT2D eigenvalue weighted by Gasteiger charge is 2.17. The average molecular weight is 371 g/mol. The Kier molecular flexibility index (Phi) is 5.68. The Labute approximate surface area is 155 Å². The fourth-order valence-corrected chi connectivity index (χ4v) is 3.13. The van der Waals surface area contributed by atoms with Crippen molar-refractivity contribution < 1.29 is 9.53 Å². The molecule has 0 atom stereocenters. The van der Waals surface area contributed by atoms with E-state index in [1.165, 1.54) is 18.0 Å². The molecule has 126 valence electrons. The lowest BCUT2D eigenvalue weighted by Gasteiger charge is -2.09. The van der Waals surface area contributed by atoms with Gasteiger partial charge in [0.25, 0.3) is 0 Å². The predicted molar refractivity (Wildman–Crippen MR) is 99.0 cm³/mol. The number of hydrogen-bond acceptors (Lipinski definition) is 5. The molecule has 0 spiro atoms. The molecule has 1 aromatic heterocycles. The Morgan fingerprint density at radius 3 is 2.52 bits per heavy atom. The van der Waals surface area contributed by atoms with Gasteiger partial charge in [0, 0.05) is 21.7 Å². The largest absolute Gasteiger partial charge is 0.462 e. The summed E-state index contributed by atoms with van der Waals surface area (Å²) in [7, 11) is 0. The van der Waals surface area contributed by atoms with Crippen molar-refractivity contribution in [2.75, 3.05) is 6.61 Å². The van der Waals surface area contributed by atoms with Crippen LogP contribution in [0.15, 0.2) is 70.7 Å². The molecule has 0 fully saturated rings. The summed E-state index contributed by atoms with van der Waals surface area (Å²) in [5, 5.41) is 1.21. The topological polar surface area (TPSA) is 52.1 Å². The lowest BCUT2D eigenvalue weighted by atomic mass is 10.2. The molecule has 25 heavy (non-hydrogen) atoms. The molecule has 0 saturated heterocycles. The number of esters is 1. The fraction of sp³-hybridized carbons (Fsp3) is 0.105. The van der Waals surface area contributed by atoms with Crippen molar-refractivity contribution in [1.82, 2.24) is 9.97 Å². The second-order valence-electron chi connectivity index (χ2n) is 5.05. The zero-order chi connectivity index (χ0) is 17.6. The summed E-state index contributed by atoms with van der Waals surface area (Å²) in [6, 6.07) is 17.0. The van der Waals surface area contributed by atoms with E-state index in [1.807, 2.05) is 42.5 Å². The smallest absolute Gasteiger partial charge is 0.342 e. The van der Waals surface area contributed by atoms with Gasteiger partial charge in [-0.25, -0.2) is 14.8 Å². The van der Waals surface area contributed by atoms with Crippen LogP contribution < -0.4 is 0 Å². The van der Waals surface area contributed by atoms with Crippen LogP contribution in [0.1, 0.15) is 17.3 Å². The van der Waals surface area contributed by atoms with Crippen LogP contribution in [0.25, 0.3) is 11.4 Å². The van der Waals surface area contributed by atoms with Gasteiger partial charge in [0.2, 0.25) is 0 Å². The van der Waals surface area contributed by atoms with Gasteiger partial charge in [0.1, 0.15) is 10.6 Å². The predicted octanol–water partition coefficient (Wildman–Crippen LogP) is 5.12. The molecule has 6 heteroatoms. The molecule has 0 saturated carbocycles. The van der Waals surface area contributed by atoms with Gasteiger partial charge in [-0.05, 0) is 31.2 Å². The van der Waals surface area contributed by atoms with Gasteiger partial charge >= 0.3 is 5.97 Å². The van der Waals surface area contributed by atoms with E-state index in [-0.39, 0.29) is 0 Å². The van der Waals surface area contributed by atoms with Gasteiger partial charge < -0.3 is 4.74 Å². The quantitative estimate of drug-likeness (QED) is 0.460. The maximum atomic E-state index is 12.2. The highest BCUT2D eigenvalue weighted by molar-refractivity contribution is 7.99. The molecule has 0 unspecified atom stereocenters. The first-order valence-electron chi connectivity index (χ1n) is 7.70. The summed E-state index contributed by atoms with van der Waals surface area (Å²) >= 11 is 7.31. The van der Waals surface area contributed by atoms with E-state index in [4.69, 9.17) is 16.3 Å². The Balaban J connectivity index is 2.01. The molecule has 3 aromatic rings. The third-order valence-corrected chi connectivity index (χ3v) is 4.57. The molecule has 0 N–H and O–H groups in total. The molecular formula is C19H15ClN2O2S. The van der Waals surface area contributed by atoms with Gasteiger partial charge in [0.15, 0.2) is 5.82 Å². The number of rotatable bonds is 5. The van der Waals surface area contributed by atoms with Crippen molar-refractivity contribution in [2.45, 2.75) is 16.8 Å². The zero-order valence-corrected chi connectivity index (χ0v) is 15.1. The third kappa shape index (κ3) is 4.38. The van der Waals surface area contributed by atoms with E-state index < -0.39 is 5.97 Å². The molecule has 1 heterocycles. The van der Waals surface area contributed by atoms with Crippen molar-refractivity contribution in [3.05, 3.63) is 71.4 Å². The summed E-state index contributed by atoms with van der Waals surface area (Å²) in [6.07, 6.45) is 1.52. The Hall–Kier alpha value is -2.37. The fourth-order valence-electron chi connectivity index (χ4n) is 2.13. The highest BCUT2D eigenvalue weighted by atomic mass is 35.5. The summed E-state index contributed by atoms with van der Waals surface area (Å²) in [6.45, 7) is 2.06. The van der Waals surface area contributed by atoms with Crippen LogP contribution in [0, 0.1) is 0 Å². The minimum atomic E-state index is -0.432. The normalized spacial score (nSPS) is 10.5. The Bertz CT molecular complexity index is 870. The zero-order valence-electron chi connectivity index (χ0n) is 13.5. The lowest BCUT2D eigenvalue weighted by Crippen LogP contribution is -2.09. The van der Waals surface area contributed by atoms with E-state index in [1.54, 1.807) is 19.1 Å². The molecule has 3 rings (SSSR count). The van der Waals surface area contributed by atoms with E-state index >= 15 is 0 Å². The van der Waals surface area contributed by atoms with Crippen molar-refractivity contribution in [3.63, 3.8) is 0 Å². The van der Waals surface area contributed by atoms with Crippen LogP contribution in [0.2, 0.25) is 5.02 Å². The summed E-state index contributed by atoms with van der Waals surface area (Å²) in [4.78, 5) is 22.0. The number of nitrogens with zero attached hydrogens (tertiary/aromatic N) is 2. The van der Waals surface area contributed by atoms with E-state index in [0.717, 1.165) is 10.5 Å². The van der Waals surface area contributed by atoms with Crippen molar-refractivity contribution in [3.8, 4) is 11.4 Å². The Morgan fingerprint density at radius 1 is 1.12 bits per heavy atom. The number of hydrogen-bond donors (Lipinski definition) is 0. The molecule has 0 radical (unpaired) electrons. The van der Waals surface area contributed by atoms with Crippen LogP contribution in [0.5, 0.6) is 0 Å². The van der Waals surface area contributed by atoms with Crippen molar-refractivity contribution >= 4 is 29.3 Å². The Morgan fingerprint density at radius 2 is 1.84 bits per heavy atom.